The Morgan fingerprint density at radius 1 is 1.24 bits per heavy atom. The van der Waals surface area contributed by atoms with Crippen molar-refractivity contribution in [2.24, 2.45) is 5.73 Å². The molecule has 0 atom stereocenters. The van der Waals surface area contributed by atoms with E-state index >= 15 is 0 Å². The third-order valence-corrected chi connectivity index (χ3v) is 4.95. The van der Waals surface area contributed by atoms with Crippen LogP contribution in [-0.4, -0.2) is 8.42 Å². The highest BCUT2D eigenvalue weighted by atomic mass is 79.9. The van der Waals surface area contributed by atoms with Gasteiger partial charge in [0, 0.05) is 11.0 Å². The first-order valence-corrected chi connectivity index (χ1v) is 8.38. The molecule has 0 aliphatic rings. The maximum absolute atomic E-state index is 13.7. The van der Waals surface area contributed by atoms with Crippen molar-refractivity contribution in [2.45, 2.75) is 18.4 Å². The lowest BCUT2D eigenvalue weighted by Crippen LogP contribution is -2.16. The number of rotatable bonds is 4. The van der Waals surface area contributed by atoms with Gasteiger partial charge in [-0.25, -0.2) is 12.8 Å². The number of anilines is 1. The predicted molar refractivity (Wildman–Crippen MR) is 84.0 cm³/mol. The van der Waals surface area contributed by atoms with Crippen molar-refractivity contribution in [3.63, 3.8) is 0 Å². The van der Waals surface area contributed by atoms with Crippen LogP contribution in [-0.2, 0) is 16.6 Å². The van der Waals surface area contributed by atoms with E-state index in [-0.39, 0.29) is 17.1 Å². The third kappa shape index (κ3) is 3.61. The van der Waals surface area contributed by atoms with E-state index in [0.717, 1.165) is 0 Å². The van der Waals surface area contributed by atoms with Crippen LogP contribution < -0.4 is 10.5 Å². The second kappa shape index (κ2) is 6.13. The van der Waals surface area contributed by atoms with Crippen LogP contribution in [0.25, 0.3) is 0 Å². The van der Waals surface area contributed by atoms with Crippen molar-refractivity contribution < 1.29 is 12.8 Å². The SMILES string of the molecule is Cc1ccc(CN)cc1S(=O)(=O)Nc1cc(Br)ccc1F. The molecule has 112 valence electrons. The zero-order valence-corrected chi connectivity index (χ0v) is 13.6. The fourth-order valence-electron chi connectivity index (χ4n) is 1.84. The lowest BCUT2D eigenvalue weighted by Gasteiger charge is -2.12. The Balaban J connectivity index is 2.45. The summed E-state index contributed by atoms with van der Waals surface area (Å²) in [7, 11) is -3.88. The summed E-state index contributed by atoms with van der Waals surface area (Å²) < 4.78 is 41.4. The van der Waals surface area contributed by atoms with Gasteiger partial charge in [0.1, 0.15) is 5.82 Å². The zero-order valence-electron chi connectivity index (χ0n) is 11.2. The third-order valence-electron chi connectivity index (χ3n) is 2.95. The number of nitrogens with two attached hydrogens (primary N) is 1. The Labute approximate surface area is 131 Å². The zero-order chi connectivity index (χ0) is 15.6. The second-order valence-corrected chi connectivity index (χ2v) is 7.10. The summed E-state index contributed by atoms with van der Waals surface area (Å²) in [5.74, 6) is -0.644. The van der Waals surface area contributed by atoms with Gasteiger partial charge in [0.25, 0.3) is 10.0 Å². The van der Waals surface area contributed by atoms with Crippen molar-refractivity contribution in [1.82, 2.24) is 0 Å². The molecule has 0 spiro atoms. The monoisotopic (exact) mass is 372 g/mol. The van der Waals surface area contributed by atoms with E-state index in [9.17, 15) is 12.8 Å². The molecule has 4 nitrogen and oxygen atoms in total. The summed E-state index contributed by atoms with van der Waals surface area (Å²) in [6, 6.07) is 8.98. The summed E-state index contributed by atoms with van der Waals surface area (Å²) >= 11 is 3.18. The van der Waals surface area contributed by atoms with Crippen LogP contribution in [0, 0.1) is 12.7 Å². The molecule has 0 amide bonds. The maximum atomic E-state index is 13.7. The second-order valence-electron chi connectivity index (χ2n) is 4.53. The topological polar surface area (TPSA) is 72.2 Å². The molecule has 0 aromatic heterocycles. The Bertz CT molecular complexity index is 779. The molecule has 0 aliphatic carbocycles. The minimum Gasteiger partial charge on any atom is -0.326 e. The summed E-state index contributed by atoms with van der Waals surface area (Å²) in [5, 5.41) is 0. The highest BCUT2D eigenvalue weighted by Crippen LogP contribution is 2.25. The molecule has 0 fully saturated rings. The Hall–Kier alpha value is -1.44. The first-order valence-electron chi connectivity index (χ1n) is 6.11. The summed E-state index contributed by atoms with van der Waals surface area (Å²) in [6.07, 6.45) is 0. The maximum Gasteiger partial charge on any atom is 0.262 e. The van der Waals surface area contributed by atoms with Gasteiger partial charge in [0.2, 0.25) is 0 Å². The summed E-state index contributed by atoms with van der Waals surface area (Å²) in [5.41, 5.74) is 6.67. The van der Waals surface area contributed by atoms with Crippen molar-refractivity contribution >= 4 is 31.6 Å². The van der Waals surface area contributed by atoms with Gasteiger partial charge in [-0.3, -0.25) is 4.72 Å². The largest absolute Gasteiger partial charge is 0.326 e. The van der Waals surface area contributed by atoms with Crippen LogP contribution >= 0.6 is 15.9 Å². The van der Waals surface area contributed by atoms with Gasteiger partial charge >= 0.3 is 0 Å². The summed E-state index contributed by atoms with van der Waals surface area (Å²) in [6.45, 7) is 1.90. The molecule has 7 heteroatoms. The van der Waals surface area contributed by atoms with E-state index < -0.39 is 15.8 Å². The van der Waals surface area contributed by atoms with Crippen LogP contribution in [0.1, 0.15) is 11.1 Å². The van der Waals surface area contributed by atoms with Crippen molar-refractivity contribution in [3.8, 4) is 0 Å². The number of aryl methyl sites for hydroxylation is 1. The smallest absolute Gasteiger partial charge is 0.262 e. The van der Waals surface area contributed by atoms with Gasteiger partial charge in [-0.05, 0) is 42.3 Å². The van der Waals surface area contributed by atoms with Crippen molar-refractivity contribution in [2.75, 3.05) is 4.72 Å². The lowest BCUT2D eigenvalue weighted by atomic mass is 10.1. The number of hydrogen-bond acceptors (Lipinski definition) is 3. The molecule has 0 heterocycles. The van der Waals surface area contributed by atoms with Gasteiger partial charge in [0.15, 0.2) is 0 Å². The van der Waals surface area contributed by atoms with Gasteiger partial charge in [-0.1, -0.05) is 28.1 Å². The van der Waals surface area contributed by atoms with Crippen LogP contribution in [0.15, 0.2) is 45.8 Å². The van der Waals surface area contributed by atoms with E-state index in [2.05, 4.69) is 20.7 Å². The Morgan fingerprint density at radius 3 is 2.62 bits per heavy atom. The normalized spacial score (nSPS) is 11.4. The number of sulfonamides is 1. The Morgan fingerprint density at radius 2 is 1.95 bits per heavy atom. The Kier molecular flexibility index (Phi) is 4.65. The predicted octanol–water partition coefficient (Wildman–Crippen LogP) is 3.16. The van der Waals surface area contributed by atoms with E-state index in [1.165, 1.54) is 24.3 Å². The molecule has 0 saturated heterocycles. The highest BCUT2D eigenvalue weighted by Gasteiger charge is 2.19. The molecule has 0 bridgehead atoms. The summed E-state index contributed by atoms with van der Waals surface area (Å²) in [4.78, 5) is 0.0878. The van der Waals surface area contributed by atoms with E-state index in [0.29, 0.717) is 15.6 Å². The standard InChI is InChI=1S/C14H14BrFN2O2S/c1-9-2-3-10(8-17)6-14(9)21(19,20)18-13-7-11(15)4-5-12(13)16/h2-7,18H,8,17H2,1H3. The van der Waals surface area contributed by atoms with Crippen LogP contribution in [0.4, 0.5) is 10.1 Å². The quantitative estimate of drug-likeness (QED) is 0.865. The van der Waals surface area contributed by atoms with E-state index in [1.807, 2.05) is 0 Å². The molecule has 2 aromatic rings. The van der Waals surface area contributed by atoms with Gasteiger partial charge < -0.3 is 5.73 Å². The molecule has 2 aromatic carbocycles. The van der Waals surface area contributed by atoms with Crippen LogP contribution in [0.5, 0.6) is 0 Å². The molecular weight excluding hydrogens is 359 g/mol. The minimum atomic E-state index is -3.88. The molecule has 2 rings (SSSR count). The molecule has 0 saturated carbocycles. The lowest BCUT2D eigenvalue weighted by molar-refractivity contribution is 0.598. The van der Waals surface area contributed by atoms with Gasteiger partial charge in [-0.2, -0.15) is 0 Å². The molecule has 0 radical (unpaired) electrons. The molecule has 0 unspecified atom stereocenters. The van der Waals surface area contributed by atoms with Crippen molar-refractivity contribution in [1.29, 1.82) is 0 Å². The number of nitrogens with one attached hydrogen (secondary N) is 1. The van der Waals surface area contributed by atoms with Crippen LogP contribution in [0.2, 0.25) is 0 Å². The first-order chi connectivity index (χ1) is 9.83. The highest BCUT2D eigenvalue weighted by molar-refractivity contribution is 9.10. The van der Waals surface area contributed by atoms with Gasteiger partial charge in [0.05, 0.1) is 10.6 Å². The molecule has 0 aliphatic heterocycles. The molecule has 21 heavy (non-hydrogen) atoms. The number of hydrogen-bond donors (Lipinski definition) is 2. The van der Waals surface area contributed by atoms with Gasteiger partial charge in [-0.15, -0.1) is 0 Å². The minimum absolute atomic E-state index is 0.0878. The van der Waals surface area contributed by atoms with E-state index in [4.69, 9.17) is 5.73 Å². The number of benzene rings is 2. The number of halogens is 2. The average molecular weight is 373 g/mol. The van der Waals surface area contributed by atoms with Crippen LogP contribution in [0.3, 0.4) is 0 Å². The fraction of sp³-hybridized carbons (Fsp3) is 0.143. The molecular formula is C14H14BrFN2O2S. The fourth-order valence-corrected chi connectivity index (χ4v) is 3.55. The average Bonchev–Trinajstić information content (AvgIpc) is 2.43. The van der Waals surface area contributed by atoms with Crippen molar-refractivity contribution in [3.05, 3.63) is 57.8 Å². The first kappa shape index (κ1) is 15.9. The molecule has 3 N–H and O–H groups in total. The van der Waals surface area contributed by atoms with E-state index in [1.54, 1.807) is 19.1 Å².